The van der Waals surface area contributed by atoms with Crippen LogP contribution >= 0.6 is 11.3 Å². The highest BCUT2D eigenvalue weighted by Crippen LogP contribution is 2.34. The molecule has 1 saturated heterocycles. The van der Waals surface area contributed by atoms with Crippen LogP contribution in [-0.4, -0.2) is 43.8 Å². The summed E-state index contributed by atoms with van der Waals surface area (Å²) in [6.45, 7) is 1.47. The highest BCUT2D eigenvalue weighted by atomic mass is 32.2. The van der Waals surface area contributed by atoms with E-state index in [1.54, 1.807) is 11.3 Å². The van der Waals surface area contributed by atoms with E-state index in [1.807, 2.05) is 6.07 Å². The van der Waals surface area contributed by atoms with Crippen LogP contribution in [0.4, 0.5) is 0 Å². The number of nitrogens with zero attached hydrogens (tertiary/aromatic N) is 1. The van der Waals surface area contributed by atoms with Crippen molar-refractivity contribution in [1.82, 2.24) is 4.90 Å². The number of hydrogen-bond donors (Lipinski definition) is 1. The summed E-state index contributed by atoms with van der Waals surface area (Å²) in [5, 5.41) is 2.05. The van der Waals surface area contributed by atoms with E-state index in [2.05, 4.69) is 16.3 Å². The predicted octanol–water partition coefficient (Wildman–Crippen LogP) is 1.18. The van der Waals surface area contributed by atoms with Crippen molar-refractivity contribution in [2.75, 3.05) is 24.6 Å². The van der Waals surface area contributed by atoms with Gasteiger partial charge in [0.05, 0.1) is 11.5 Å². The van der Waals surface area contributed by atoms with E-state index in [1.165, 1.54) is 4.88 Å². The third-order valence-corrected chi connectivity index (χ3v) is 6.19. The molecule has 1 atom stereocenters. The molecule has 0 radical (unpaired) electrons. The lowest BCUT2D eigenvalue weighted by Crippen LogP contribution is -2.30. The Morgan fingerprint density at radius 2 is 2.25 bits per heavy atom. The number of primary amides is 1. The van der Waals surface area contributed by atoms with Gasteiger partial charge < -0.3 is 5.73 Å². The normalized spacial score (nSPS) is 20.3. The minimum Gasteiger partial charge on any atom is -0.370 e. The molecule has 20 heavy (non-hydrogen) atoms. The molecule has 0 saturated carbocycles. The molecule has 1 aliphatic rings. The molecule has 7 heteroatoms. The van der Waals surface area contributed by atoms with E-state index < -0.39 is 15.7 Å². The maximum absolute atomic E-state index is 11.9. The number of carbonyl (C=O) groups excluding carboxylic acids is 1. The number of nitrogens with two attached hydrogens (primary N) is 1. The second-order valence-electron chi connectivity index (χ2n) is 5.08. The van der Waals surface area contributed by atoms with Crippen LogP contribution in [0.5, 0.6) is 0 Å². The van der Waals surface area contributed by atoms with Crippen LogP contribution in [0.1, 0.15) is 30.2 Å². The zero-order valence-electron chi connectivity index (χ0n) is 11.3. The van der Waals surface area contributed by atoms with E-state index >= 15 is 0 Å². The third kappa shape index (κ3) is 4.29. The zero-order chi connectivity index (χ0) is 14.6. The highest BCUT2D eigenvalue weighted by Gasteiger charge is 2.27. The first-order valence-electron chi connectivity index (χ1n) is 6.74. The summed E-state index contributed by atoms with van der Waals surface area (Å²) in [5.74, 6) is -0.603. The molecule has 0 unspecified atom stereocenters. The fourth-order valence-corrected chi connectivity index (χ4v) is 4.64. The van der Waals surface area contributed by atoms with Gasteiger partial charge in [0.25, 0.3) is 0 Å². The lowest BCUT2D eigenvalue weighted by molar-refractivity contribution is -0.117. The van der Waals surface area contributed by atoms with Crippen molar-refractivity contribution in [3.63, 3.8) is 0 Å². The molecule has 0 aromatic carbocycles. The molecule has 0 bridgehead atoms. The van der Waals surface area contributed by atoms with Gasteiger partial charge >= 0.3 is 0 Å². The Bertz CT molecular complexity index is 540. The molecule has 2 heterocycles. The number of hydrogen-bond acceptors (Lipinski definition) is 5. The van der Waals surface area contributed by atoms with Gasteiger partial charge in [-0.2, -0.15) is 0 Å². The Balaban J connectivity index is 1.88. The van der Waals surface area contributed by atoms with Crippen molar-refractivity contribution >= 4 is 27.1 Å². The van der Waals surface area contributed by atoms with Gasteiger partial charge in [-0.1, -0.05) is 6.07 Å². The minimum atomic E-state index is -3.20. The fraction of sp³-hybridized carbons (Fsp3) is 0.615. The Morgan fingerprint density at radius 3 is 2.90 bits per heavy atom. The molecule has 112 valence electrons. The standard InChI is InChI=1S/C13H20N2O3S2/c14-13(16)5-9-20(17,18)10-7-15-6-1-3-11(15)12-4-2-8-19-12/h2,4,8,11H,1,3,5-7,9-10H2,(H2,14,16)/t11-/m0/s1. The molecule has 2 N–H and O–H groups in total. The first kappa shape index (κ1) is 15.5. The number of likely N-dealkylation sites (tertiary alicyclic amines) is 1. The minimum absolute atomic E-state index is 0.0866. The summed E-state index contributed by atoms with van der Waals surface area (Å²) < 4.78 is 23.7. The van der Waals surface area contributed by atoms with E-state index in [9.17, 15) is 13.2 Å². The van der Waals surface area contributed by atoms with E-state index in [4.69, 9.17) is 5.73 Å². The summed E-state index contributed by atoms with van der Waals surface area (Å²) in [6.07, 6.45) is 2.10. The van der Waals surface area contributed by atoms with Crippen molar-refractivity contribution in [1.29, 1.82) is 0 Å². The molecule has 1 aliphatic heterocycles. The van der Waals surface area contributed by atoms with Crippen LogP contribution in [0.2, 0.25) is 0 Å². The Labute approximate surface area is 123 Å². The smallest absolute Gasteiger partial charge is 0.218 e. The molecule has 1 amide bonds. The van der Waals surface area contributed by atoms with Gasteiger partial charge in [-0.15, -0.1) is 11.3 Å². The zero-order valence-corrected chi connectivity index (χ0v) is 13.0. The molecule has 0 aliphatic carbocycles. The molecule has 2 rings (SSSR count). The summed E-state index contributed by atoms with van der Waals surface area (Å²) in [4.78, 5) is 14.2. The largest absolute Gasteiger partial charge is 0.370 e. The number of rotatable bonds is 7. The van der Waals surface area contributed by atoms with Crippen molar-refractivity contribution < 1.29 is 13.2 Å². The van der Waals surface area contributed by atoms with Crippen LogP contribution in [0, 0.1) is 0 Å². The average molecular weight is 316 g/mol. The molecular formula is C13H20N2O3S2. The lowest BCUT2D eigenvalue weighted by atomic mass is 10.2. The lowest BCUT2D eigenvalue weighted by Gasteiger charge is -2.23. The monoisotopic (exact) mass is 316 g/mol. The average Bonchev–Trinajstić information content (AvgIpc) is 3.04. The van der Waals surface area contributed by atoms with Gasteiger partial charge in [-0.05, 0) is 30.8 Å². The molecule has 1 fully saturated rings. The van der Waals surface area contributed by atoms with E-state index in [-0.39, 0.29) is 17.9 Å². The van der Waals surface area contributed by atoms with Crippen LogP contribution in [0.3, 0.4) is 0 Å². The number of thiophene rings is 1. The van der Waals surface area contributed by atoms with Gasteiger partial charge in [0.2, 0.25) is 5.91 Å². The van der Waals surface area contributed by atoms with Crippen LogP contribution in [0.15, 0.2) is 17.5 Å². The Kier molecular flexibility index (Phi) is 5.17. The molecule has 1 aromatic heterocycles. The van der Waals surface area contributed by atoms with Crippen LogP contribution in [-0.2, 0) is 14.6 Å². The third-order valence-electron chi connectivity index (χ3n) is 3.58. The summed E-state index contributed by atoms with van der Waals surface area (Å²) in [7, 11) is -3.20. The molecular weight excluding hydrogens is 296 g/mol. The summed E-state index contributed by atoms with van der Waals surface area (Å²) in [6, 6.07) is 4.48. The fourth-order valence-electron chi connectivity index (χ4n) is 2.51. The SMILES string of the molecule is NC(=O)CCS(=O)(=O)CCN1CCC[C@H]1c1cccs1. The quantitative estimate of drug-likeness (QED) is 0.819. The highest BCUT2D eigenvalue weighted by molar-refractivity contribution is 7.91. The predicted molar refractivity (Wildman–Crippen MR) is 80.3 cm³/mol. The van der Waals surface area contributed by atoms with Crippen molar-refractivity contribution in [2.45, 2.75) is 25.3 Å². The van der Waals surface area contributed by atoms with Crippen molar-refractivity contribution in [2.24, 2.45) is 5.73 Å². The van der Waals surface area contributed by atoms with Crippen molar-refractivity contribution in [3.8, 4) is 0 Å². The summed E-state index contributed by atoms with van der Waals surface area (Å²) in [5.41, 5.74) is 4.99. The molecule has 5 nitrogen and oxygen atoms in total. The topological polar surface area (TPSA) is 80.5 Å². The van der Waals surface area contributed by atoms with Gasteiger partial charge in [0, 0.05) is 23.9 Å². The second kappa shape index (κ2) is 6.69. The van der Waals surface area contributed by atoms with Gasteiger partial charge in [-0.3, -0.25) is 9.69 Å². The van der Waals surface area contributed by atoms with E-state index in [0.717, 1.165) is 19.4 Å². The second-order valence-corrected chi connectivity index (χ2v) is 8.36. The number of carbonyl (C=O) groups is 1. The van der Waals surface area contributed by atoms with E-state index in [0.29, 0.717) is 12.6 Å². The first-order valence-corrected chi connectivity index (χ1v) is 9.44. The van der Waals surface area contributed by atoms with Crippen molar-refractivity contribution in [3.05, 3.63) is 22.4 Å². The first-order chi connectivity index (χ1) is 9.48. The Hall–Kier alpha value is -0.920. The van der Waals surface area contributed by atoms with Crippen LogP contribution in [0.25, 0.3) is 0 Å². The van der Waals surface area contributed by atoms with Crippen LogP contribution < -0.4 is 5.73 Å². The number of sulfone groups is 1. The Morgan fingerprint density at radius 1 is 1.45 bits per heavy atom. The molecule has 0 spiro atoms. The maximum Gasteiger partial charge on any atom is 0.218 e. The summed E-state index contributed by atoms with van der Waals surface area (Å²) >= 11 is 1.72. The van der Waals surface area contributed by atoms with Gasteiger partial charge in [0.15, 0.2) is 9.84 Å². The molecule has 1 aromatic rings. The number of amides is 1. The van der Waals surface area contributed by atoms with Gasteiger partial charge in [-0.25, -0.2) is 8.42 Å². The maximum atomic E-state index is 11.9. The van der Waals surface area contributed by atoms with Gasteiger partial charge in [0.1, 0.15) is 0 Å².